The van der Waals surface area contributed by atoms with Crippen LogP contribution in [0.5, 0.6) is 0 Å². The van der Waals surface area contributed by atoms with Crippen molar-refractivity contribution in [3.05, 3.63) is 22.8 Å². The summed E-state index contributed by atoms with van der Waals surface area (Å²) >= 11 is 0. The van der Waals surface area contributed by atoms with Gasteiger partial charge in [0.05, 0.1) is 11.0 Å². The first-order valence-electron chi connectivity index (χ1n) is 7.05. The van der Waals surface area contributed by atoms with Crippen LogP contribution in [-0.2, 0) is 10.0 Å². The summed E-state index contributed by atoms with van der Waals surface area (Å²) in [6, 6.07) is 3.87. The van der Waals surface area contributed by atoms with Crippen LogP contribution in [-0.4, -0.2) is 25.3 Å². The van der Waals surface area contributed by atoms with Gasteiger partial charge in [0, 0.05) is 24.7 Å². The number of hydrogen-bond acceptors (Lipinski definition) is 4. The molecule has 0 bridgehead atoms. The minimum atomic E-state index is -3.61. The summed E-state index contributed by atoms with van der Waals surface area (Å²) < 4.78 is 27.4. The number of hydrogen-bond donors (Lipinski definition) is 1. The number of sulfonamides is 1. The average molecular weight is 307 g/mol. The van der Waals surface area contributed by atoms with Crippen LogP contribution in [0.2, 0.25) is 0 Å². The first kappa shape index (κ1) is 15.8. The highest BCUT2D eigenvalue weighted by atomic mass is 32.2. The molecule has 0 atom stereocenters. The molecule has 0 saturated heterocycles. The van der Waals surface area contributed by atoms with Crippen molar-refractivity contribution in [2.75, 3.05) is 12.3 Å². The standard InChI is InChI=1S/C15H21N3O2S/c1-10-9-11(2)15(12(3)14(10)17)21(19,20)18(8-4-7-16)13-5-6-13/h9,13H,4-6,8,17H2,1-3H3. The van der Waals surface area contributed by atoms with Crippen molar-refractivity contribution >= 4 is 15.7 Å². The predicted molar refractivity (Wildman–Crippen MR) is 82.2 cm³/mol. The topological polar surface area (TPSA) is 87.2 Å². The van der Waals surface area contributed by atoms with Gasteiger partial charge in [-0.3, -0.25) is 0 Å². The summed E-state index contributed by atoms with van der Waals surface area (Å²) in [4.78, 5) is 0.301. The number of nitrogens with two attached hydrogens (primary N) is 1. The summed E-state index contributed by atoms with van der Waals surface area (Å²) in [5, 5.41) is 8.75. The van der Waals surface area contributed by atoms with E-state index in [1.54, 1.807) is 13.8 Å². The summed E-state index contributed by atoms with van der Waals surface area (Å²) in [6.45, 7) is 5.66. The van der Waals surface area contributed by atoms with Gasteiger partial charge >= 0.3 is 0 Å². The van der Waals surface area contributed by atoms with Crippen LogP contribution in [0, 0.1) is 32.1 Å². The van der Waals surface area contributed by atoms with Crippen LogP contribution in [0.25, 0.3) is 0 Å². The lowest BCUT2D eigenvalue weighted by molar-refractivity contribution is 0.410. The summed E-state index contributed by atoms with van der Waals surface area (Å²) in [5.41, 5.74) is 8.73. The van der Waals surface area contributed by atoms with Gasteiger partial charge in [-0.25, -0.2) is 8.42 Å². The van der Waals surface area contributed by atoms with Crippen molar-refractivity contribution in [2.45, 2.75) is 51.0 Å². The lowest BCUT2D eigenvalue weighted by Crippen LogP contribution is -2.35. The van der Waals surface area contributed by atoms with E-state index in [1.807, 2.05) is 19.1 Å². The lowest BCUT2D eigenvalue weighted by atomic mass is 10.1. The van der Waals surface area contributed by atoms with Gasteiger partial charge in [-0.1, -0.05) is 6.07 Å². The highest BCUT2D eigenvalue weighted by Crippen LogP contribution is 2.36. The molecule has 114 valence electrons. The zero-order valence-electron chi connectivity index (χ0n) is 12.7. The second-order valence-corrected chi connectivity index (χ2v) is 7.46. The quantitative estimate of drug-likeness (QED) is 0.845. The third kappa shape index (κ3) is 2.89. The molecule has 2 rings (SSSR count). The van der Waals surface area contributed by atoms with Crippen LogP contribution in [0.4, 0.5) is 5.69 Å². The molecule has 0 spiro atoms. The van der Waals surface area contributed by atoms with Crippen LogP contribution >= 0.6 is 0 Å². The molecule has 1 fully saturated rings. The van der Waals surface area contributed by atoms with Crippen molar-refractivity contribution in [3.63, 3.8) is 0 Å². The molecule has 2 N–H and O–H groups in total. The third-order valence-corrected chi connectivity index (χ3v) is 6.17. The Morgan fingerprint density at radius 3 is 2.48 bits per heavy atom. The molecule has 5 nitrogen and oxygen atoms in total. The van der Waals surface area contributed by atoms with Gasteiger partial charge < -0.3 is 5.73 Å². The monoisotopic (exact) mass is 307 g/mol. The highest BCUT2D eigenvalue weighted by molar-refractivity contribution is 7.89. The molecule has 0 aliphatic heterocycles. The van der Waals surface area contributed by atoms with Gasteiger partial charge in [0.15, 0.2) is 0 Å². The summed E-state index contributed by atoms with van der Waals surface area (Å²) in [6.07, 6.45) is 1.93. The fraction of sp³-hybridized carbons (Fsp3) is 0.533. The van der Waals surface area contributed by atoms with Crippen molar-refractivity contribution in [2.24, 2.45) is 0 Å². The maximum atomic E-state index is 13.0. The average Bonchev–Trinajstić information content (AvgIpc) is 3.20. The van der Waals surface area contributed by atoms with E-state index in [9.17, 15) is 8.42 Å². The van der Waals surface area contributed by atoms with E-state index in [4.69, 9.17) is 11.0 Å². The Bertz CT molecular complexity index is 701. The van der Waals surface area contributed by atoms with E-state index in [0.29, 0.717) is 21.7 Å². The predicted octanol–water partition coefficient (Wildman–Crippen LogP) is 2.26. The minimum Gasteiger partial charge on any atom is -0.398 e. The third-order valence-electron chi connectivity index (χ3n) is 3.93. The van der Waals surface area contributed by atoms with E-state index in [2.05, 4.69) is 0 Å². The van der Waals surface area contributed by atoms with Crippen molar-refractivity contribution < 1.29 is 8.42 Å². The molecule has 0 unspecified atom stereocenters. The van der Waals surface area contributed by atoms with E-state index in [0.717, 1.165) is 18.4 Å². The Hall–Kier alpha value is -1.58. The number of aryl methyl sites for hydroxylation is 2. The zero-order chi connectivity index (χ0) is 15.8. The Kier molecular flexibility index (Phi) is 4.26. The van der Waals surface area contributed by atoms with Gasteiger partial charge in [-0.15, -0.1) is 0 Å². The van der Waals surface area contributed by atoms with E-state index in [1.165, 1.54) is 4.31 Å². The molecule has 1 aliphatic rings. The molecule has 1 aromatic rings. The van der Waals surface area contributed by atoms with Gasteiger partial charge in [0.2, 0.25) is 10.0 Å². The van der Waals surface area contributed by atoms with E-state index in [-0.39, 0.29) is 19.0 Å². The smallest absolute Gasteiger partial charge is 0.243 e. The summed E-state index contributed by atoms with van der Waals surface area (Å²) in [5.74, 6) is 0. The fourth-order valence-corrected chi connectivity index (χ4v) is 4.85. The fourth-order valence-electron chi connectivity index (χ4n) is 2.72. The Morgan fingerprint density at radius 2 is 1.95 bits per heavy atom. The van der Waals surface area contributed by atoms with Crippen molar-refractivity contribution in [1.29, 1.82) is 5.26 Å². The van der Waals surface area contributed by atoms with E-state index < -0.39 is 10.0 Å². The Morgan fingerprint density at radius 1 is 1.33 bits per heavy atom. The molecule has 1 aliphatic carbocycles. The van der Waals surface area contributed by atoms with Gasteiger partial charge in [-0.2, -0.15) is 9.57 Å². The second kappa shape index (κ2) is 5.66. The highest BCUT2D eigenvalue weighted by Gasteiger charge is 2.39. The molecular formula is C15H21N3O2S. The first-order chi connectivity index (χ1) is 9.80. The first-order valence-corrected chi connectivity index (χ1v) is 8.49. The molecule has 0 heterocycles. The van der Waals surface area contributed by atoms with Crippen LogP contribution in [0.15, 0.2) is 11.0 Å². The maximum absolute atomic E-state index is 13.0. The molecule has 0 amide bonds. The van der Waals surface area contributed by atoms with Crippen LogP contribution in [0.3, 0.4) is 0 Å². The molecule has 1 aromatic carbocycles. The van der Waals surface area contributed by atoms with Gasteiger partial charge in [-0.05, 0) is 50.3 Å². The normalized spacial score (nSPS) is 15.2. The number of nitrogen functional groups attached to an aromatic ring is 1. The maximum Gasteiger partial charge on any atom is 0.243 e. The molecule has 6 heteroatoms. The number of benzene rings is 1. The van der Waals surface area contributed by atoms with Gasteiger partial charge in [0.1, 0.15) is 0 Å². The molecule has 0 radical (unpaired) electrons. The van der Waals surface area contributed by atoms with E-state index >= 15 is 0 Å². The Balaban J connectivity index is 2.53. The molecule has 1 saturated carbocycles. The van der Waals surface area contributed by atoms with Crippen molar-refractivity contribution in [1.82, 2.24) is 4.31 Å². The second-order valence-electron chi connectivity index (χ2n) is 5.63. The SMILES string of the molecule is Cc1cc(C)c(S(=O)(=O)N(CCC#N)C2CC2)c(C)c1N. The summed E-state index contributed by atoms with van der Waals surface area (Å²) in [7, 11) is -3.61. The molecule has 21 heavy (non-hydrogen) atoms. The zero-order valence-corrected chi connectivity index (χ0v) is 13.5. The Labute approximate surface area is 126 Å². The number of nitriles is 1. The number of nitrogens with zero attached hydrogens (tertiary/aromatic N) is 2. The van der Waals surface area contributed by atoms with Crippen molar-refractivity contribution in [3.8, 4) is 6.07 Å². The largest absolute Gasteiger partial charge is 0.398 e. The number of anilines is 1. The molecular weight excluding hydrogens is 286 g/mol. The molecule has 0 aromatic heterocycles. The number of rotatable bonds is 5. The minimum absolute atomic E-state index is 0.0321. The van der Waals surface area contributed by atoms with Gasteiger partial charge in [0.25, 0.3) is 0 Å². The van der Waals surface area contributed by atoms with Crippen LogP contribution < -0.4 is 5.73 Å². The lowest BCUT2D eigenvalue weighted by Gasteiger charge is -2.24. The van der Waals surface area contributed by atoms with Crippen LogP contribution in [0.1, 0.15) is 36.0 Å².